The van der Waals surface area contributed by atoms with Gasteiger partial charge in [0.2, 0.25) is 5.95 Å². The molecule has 4 atom stereocenters. The van der Waals surface area contributed by atoms with Gasteiger partial charge in [-0.05, 0) is 66.6 Å². The molecule has 3 fully saturated rings. The zero-order chi connectivity index (χ0) is 29.8. The van der Waals surface area contributed by atoms with E-state index in [0.29, 0.717) is 43.0 Å². The summed E-state index contributed by atoms with van der Waals surface area (Å²) in [5.74, 6) is 2.40. The van der Waals surface area contributed by atoms with E-state index in [9.17, 15) is 12.8 Å². The van der Waals surface area contributed by atoms with Crippen LogP contribution in [0.2, 0.25) is 0 Å². The van der Waals surface area contributed by atoms with Crippen molar-refractivity contribution in [3.05, 3.63) is 42.2 Å². The van der Waals surface area contributed by atoms with E-state index in [1.807, 2.05) is 12.3 Å². The fourth-order valence-electron chi connectivity index (χ4n) is 6.06. The van der Waals surface area contributed by atoms with Crippen molar-refractivity contribution in [3.63, 3.8) is 0 Å². The first-order chi connectivity index (χ1) is 19.8. The summed E-state index contributed by atoms with van der Waals surface area (Å²) in [7, 11) is 13.4. The maximum absolute atomic E-state index is 14.8. The van der Waals surface area contributed by atoms with Gasteiger partial charge in [-0.15, -0.1) is 0 Å². The van der Waals surface area contributed by atoms with Crippen LogP contribution < -0.4 is 15.1 Å². The van der Waals surface area contributed by atoms with Crippen LogP contribution in [0.4, 0.5) is 27.7 Å². The zero-order valence-corrected chi connectivity index (χ0v) is 24.6. The molecule has 2 aliphatic heterocycles. The molecule has 1 aliphatic carbocycles. The van der Waals surface area contributed by atoms with Gasteiger partial charge in [-0.3, -0.25) is 0 Å². The van der Waals surface area contributed by atoms with E-state index in [4.69, 9.17) is 33.3 Å². The number of nitrogens with one attached hydrogen (secondary N) is 1. The first-order valence-electron chi connectivity index (χ1n) is 14.3. The molecule has 6 rings (SSSR count). The van der Waals surface area contributed by atoms with Crippen molar-refractivity contribution in [2.45, 2.75) is 55.7 Å². The van der Waals surface area contributed by atoms with E-state index >= 15 is 0 Å². The number of fused-ring (bicyclic) bond motifs is 1. The predicted octanol–water partition coefficient (Wildman–Crippen LogP) is 2.57. The number of sulfone groups is 1. The molecule has 3 aliphatic rings. The number of aromatic nitrogens is 3. The quantitative estimate of drug-likeness (QED) is 0.381. The Hall–Kier alpha value is -2.86. The molecule has 0 unspecified atom stereocenters. The molecule has 6 radical (unpaired) electrons. The van der Waals surface area contributed by atoms with E-state index in [0.717, 1.165) is 29.3 Å². The Bertz CT molecular complexity index is 1590. The highest BCUT2D eigenvalue weighted by atomic mass is 32.2. The van der Waals surface area contributed by atoms with Crippen LogP contribution in [0, 0.1) is 5.92 Å². The Kier molecular flexibility index (Phi) is 7.66. The summed E-state index contributed by atoms with van der Waals surface area (Å²) in [5, 5.41) is 3.58. The average molecular weight is 584 g/mol. The fourth-order valence-corrected chi connectivity index (χ4v) is 7.23. The van der Waals surface area contributed by atoms with Crippen LogP contribution in [0.25, 0.3) is 10.8 Å². The number of ether oxygens (including phenoxy) is 1. The predicted molar refractivity (Wildman–Crippen MR) is 166 cm³/mol. The highest BCUT2D eigenvalue weighted by Gasteiger charge is 2.39. The molecule has 2 aromatic heterocycles. The minimum absolute atomic E-state index is 0.0198. The molecule has 4 heterocycles. The summed E-state index contributed by atoms with van der Waals surface area (Å²) < 4.78 is 43.8. The highest BCUT2D eigenvalue weighted by molar-refractivity contribution is 7.90. The molecule has 1 N–H and O–H groups in total. The SMILES string of the molecule is [B]C([B])([B])O[C@H]1CCN(c2nccc(Nc3cc4c(C5CC5)ccc(N5C[C@H](CS(C)(=O)=O)[C@H]5C)c4cn3)n2)C[C@H]1F. The molecular weight excluding hydrogens is 552 g/mol. The number of hydrogen-bond acceptors (Lipinski definition) is 9. The smallest absolute Gasteiger partial charge is 0.227 e. The molecule has 1 aromatic carbocycles. The van der Waals surface area contributed by atoms with Crippen LogP contribution in [0.3, 0.4) is 0 Å². The van der Waals surface area contributed by atoms with Crippen LogP contribution in [-0.4, -0.2) is 102 Å². The van der Waals surface area contributed by atoms with Gasteiger partial charge in [0.1, 0.15) is 27.6 Å². The number of hydrogen-bond donors (Lipinski definition) is 1. The third kappa shape index (κ3) is 6.39. The minimum atomic E-state index is -3.03. The molecule has 42 heavy (non-hydrogen) atoms. The van der Waals surface area contributed by atoms with Crippen LogP contribution in [-0.2, 0) is 14.6 Å². The molecule has 2 saturated heterocycles. The van der Waals surface area contributed by atoms with Crippen molar-refractivity contribution in [1.29, 1.82) is 0 Å². The second-order valence-corrected chi connectivity index (χ2v) is 14.1. The molecule has 3 aromatic rings. The van der Waals surface area contributed by atoms with Crippen LogP contribution in [0.15, 0.2) is 36.7 Å². The second kappa shape index (κ2) is 11.0. The third-order valence-corrected chi connectivity index (χ3v) is 9.41. The number of pyridine rings is 1. The first kappa shape index (κ1) is 29.2. The summed E-state index contributed by atoms with van der Waals surface area (Å²) in [6, 6.07) is 8.26. The Morgan fingerprint density at radius 2 is 1.88 bits per heavy atom. The summed E-state index contributed by atoms with van der Waals surface area (Å²) >= 11 is 0. The molecule has 9 nitrogen and oxygen atoms in total. The van der Waals surface area contributed by atoms with Crippen molar-refractivity contribution >= 4 is 67.4 Å². The van der Waals surface area contributed by atoms with Gasteiger partial charge in [0.15, 0.2) is 0 Å². The van der Waals surface area contributed by atoms with E-state index < -0.39 is 27.4 Å². The number of anilines is 4. The van der Waals surface area contributed by atoms with Crippen LogP contribution in [0.5, 0.6) is 0 Å². The summed E-state index contributed by atoms with van der Waals surface area (Å²) in [5.41, 5.74) is 2.36. The van der Waals surface area contributed by atoms with Gasteiger partial charge in [0.05, 0.1) is 41.9 Å². The normalized spacial score (nSPS) is 24.9. The number of nitrogens with zero attached hydrogens (tertiary/aromatic N) is 5. The van der Waals surface area contributed by atoms with E-state index in [1.54, 1.807) is 17.2 Å². The number of rotatable bonds is 9. The Labute approximate surface area is 250 Å². The standard InChI is InChI=1S/C28H32B3FN6O3S/c1-16-18(15-42(2,39)40)13-38(16)23-6-5-19(17-3-4-17)20-11-26(34-12-21(20)23)35-25-7-9-33-27(36-25)37-10-8-24(22(32)14-37)41-28(29,30)31/h5-7,9,11-12,16-18,22,24H,3-4,8,10,13-15H2,1-2H3,(H,33,34,35,36)/t16-,18-,22-,24+/m1/s1. The van der Waals surface area contributed by atoms with E-state index in [1.165, 1.54) is 11.8 Å². The molecule has 0 bridgehead atoms. The lowest BCUT2D eigenvalue weighted by Crippen LogP contribution is -2.57. The molecular formula is C28H32B3FN6O3S. The second-order valence-electron chi connectivity index (χ2n) is 11.9. The molecule has 214 valence electrons. The van der Waals surface area contributed by atoms with Gasteiger partial charge >= 0.3 is 0 Å². The topological polar surface area (TPSA) is 101 Å². The summed E-state index contributed by atoms with van der Waals surface area (Å²) in [6.07, 6.45) is 5.28. The lowest BCUT2D eigenvalue weighted by molar-refractivity contribution is -0.0185. The van der Waals surface area contributed by atoms with Gasteiger partial charge in [0, 0.05) is 54.8 Å². The maximum atomic E-state index is 14.8. The Balaban J connectivity index is 1.21. The maximum Gasteiger partial charge on any atom is 0.227 e. The lowest BCUT2D eigenvalue weighted by atomic mass is 9.52. The number of piperidine rings is 1. The summed E-state index contributed by atoms with van der Waals surface area (Å²) in [4.78, 5) is 17.7. The van der Waals surface area contributed by atoms with Crippen LogP contribution in [0.1, 0.15) is 37.7 Å². The van der Waals surface area contributed by atoms with Crippen molar-refractivity contribution in [2.24, 2.45) is 5.92 Å². The third-order valence-electron chi connectivity index (χ3n) is 8.38. The van der Waals surface area contributed by atoms with Crippen molar-refractivity contribution in [3.8, 4) is 0 Å². The van der Waals surface area contributed by atoms with Gasteiger partial charge in [-0.25, -0.2) is 22.8 Å². The minimum Gasteiger partial charge on any atom is -0.396 e. The zero-order valence-electron chi connectivity index (χ0n) is 23.8. The molecule has 0 amide bonds. The van der Waals surface area contributed by atoms with Crippen molar-refractivity contribution in [1.82, 2.24) is 15.0 Å². The molecule has 0 spiro atoms. The monoisotopic (exact) mass is 584 g/mol. The van der Waals surface area contributed by atoms with Gasteiger partial charge in [0.25, 0.3) is 0 Å². The Morgan fingerprint density at radius 1 is 1.10 bits per heavy atom. The largest absolute Gasteiger partial charge is 0.396 e. The lowest BCUT2D eigenvalue weighted by Gasteiger charge is -2.48. The van der Waals surface area contributed by atoms with E-state index in [2.05, 4.69) is 39.2 Å². The highest BCUT2D eigenvalue weighted by Crippen LogP contribution is 2.46. The Morgan fingerprint density at radius 3 is 2.55 bits per heavy atom. The van der Waals surface area contributed by atoms with Crippen molar-refractivity contribution in [2.75, 3.05) is 46.8 Å². The number of alkyl halides is 1. The van der Waals surface area contributed by atoms with Crippen molar-refractivity contribution < 1.29 is 17.5 Å². The summed E-state index contributed by atoms with van der Waals surface area (Å²) in [6.45, 7) is 3.25. The first-order valence-corrected chi connectivity index (χ1v) is 16.3. The van der Waals surface area contributed by atoms with Crippen LogP contribution >= 0.6 is 0 Å². The molecule has 1 saturated carbocycles. The average Bonchev–Trinajstić information content (AvgIpc) is 3.76. The number of halogens is 1. The van der Waals surface area contributed by atoms with Gasteiger partial charge in [-0.1, -0.05) is 6.07 Å². The molecule has 14 heteroatoms. The van der Waals surface area contributed by atoms with Gasteiger partial charge in [-0.2, -0.15) is 4.98 Å². The fraction of sp³-hybridized carbons (Fsp3) is 0.536. The van der Waals surface area contributed by atoms with E-state index in [-0.39, 0.29) is 24.3 Å². The van der Waals surface area contributed by atoms with Gasteiger partial charge < -0.3 is 19.9 Å². The number of benzene rings is 1.